The zero-order valence-electron chi connectivity index (χ0n) is 10.1. The van der Waals surface area contributed by atoms with Gasteiger partial charge in [-0.1, -0.05) is 18.2 Å². The van der Waals surface area contributed by atoms with Crippen molar-refractivity contribution in [3.05, 3.63) is 30.3 Å². The van der Waals surface area contributed by atoms with Gasteiger partial charge in [0.15, 0.2) is 0 Å². The molecule has 1 heterocycles. The number of para-hydroxylation sites is 1. The number of hydrogen-bond acceptors (Lipinski definition) is 7. The number of aliphatic hydroxyl groups is 4. The summed E-state index contributed by atoms with van der Waals surface area (Å²) in [7, 11) is 0. The minimum absolute atomic E-state index is 0.490. The van der Waals surface area contributed by atoms with Crippen molar-refractivity contribution in [3.8, 4) is 0 Å². The second-order valence-corrected chi connectivity index (χ2v) is 4.28. The molecule has 0 aromatic heterocycles. The first-order valence-electron chi connectivity index (χ1n) is 5.90. The van der Waals surface area contributed by atoms with E-state index in [2.05, 4.69) is 5.48 Å². The van der Waals surface area contributed by atoms with E-state index in [1.54, 1.807) is 24.3 Å². The van der Waals surface area contributed by atoms with Gasteiger partial charge in [-0.15, -0.1) is 0 Å². The van der Waals surface area contributed by atoms with Gasteiger partial charge >= 0.3 is 0 Å². The molecule has 1 aliphatic rings. The fraction of sp³-hybridized carbons (Fsp3) is 0.500. The summed E-state index contributed by atoms with van der Waals surface area (Å²) >= 11 is 0. The maximum atomic E-state index is 9.72. The first kappa shape index (κ1) is 14.2. The number of nitrogens with one attached hydrogen (secondary N) is 1. The lowest BCUT2D eigenvalue weighted by molar-refractivity contribution is -0.294. The Morgan fingerprint density at radius 2 is 1.74 bits per heavy atom. The molecule has 1 aliphatic heterocycles. The molecule has 2 rings (SSSR count). The fourth-order valence-corrected chi connectivity index (χ4v) is 1.80. The highest BCUT2D eigenvalue weighted by Crippen LogP contribution is 2.22. The van der Waals surface area contributed by atoms with Crippen molar-refractivity contribution in [1.82, 2.24) is 0 Å². The Bertz CT molecular complexity index is 387. The van der Waals surface area contributed by atoms with Crippen LogP contribution in [0.5, 0.6) is 0 Å². The number of rotatable bonds is 4. The van der Waals surface area contributed by atoms with E-state index in [9.17, 15) is 15.3 Å². The van der Waals surface area contributed by atoms with Crippen molar-refractivity contribution in [2.24, 2.45) is 0 Å². The first-order valence-corrected chi connectivity index (χ1v) is 5.90. The van der Waals surface area contributed by atoms with Crippen LogP contribution in [0.1, 0.15) is 0 Å². The molecular formula is C12H17NO6. The SMILES string of the molecule is OCC1OC(ONc2ccccc2)C(O)C(O)C1O. The Balaban J connectivity index is 1.95. The Kier molecular flexibility index (Phi) is 4.70. The van der Waals surface area contributed by atoms with Crippen molar-refractivity contribution in [3.63, 3.8) is 0 Å². The van der Waals surface area contributed by atoms with Crippen LogP contribution in [-0.4, -0.2) is 57.7 Å². The minimum atomic E-state index is -1.45. The zero-order valence-corrected chi connectivity index (χ0v) is 10.1. The van der Waals surface area contributed by atoms with Gasteiger partial charge in [0.1, 0.15) is 24.4 Å². The molecule has 1 saturated heterocycles. The van der Waals surface area contributed by atoms with E-state index >= 15 is 0 Å². The molecule has 0 saturated carbocycles. The third-order valence-corrected chi connectivity index (χ3v) is 2.92. The van der Waals surface area contributed by atoms with Crippen molar-refractivity contribution in [2.75, 3.05) is 12.1 Å². The van der Waals surface area contributed by atoms with Crippen LogP contribution < -0.4 is 5.48 Å². The molecule has 19 heavy (non-hydrogen) atoms. The number of aliphatic hydroxyl groups excluding tert-OH is 4. The van der Waals surface area contributed by atoms with Crippen LogP contribution in [0.4, 0.5) is 5.69 Å². The van der Waals surface area contributed by atoms with Gasteiger partial charge in [-0.2, -0.15) is 0 Å². The topological polar surface area (TPSA) is 111 Å². The van der Waals surface area contributed by atoms with Crippen LogP contribution in [0, 0.1) is 0 Å². The highest BCUT2D eigenvalue weighted by molar-refractivity contribution is 5.40. The van der Waals surface area contributed by atoms with E-state index in [0.717, 1.165) is 0 Å². The molecular weight excluding hydrogens is 254 g/mol. The normalized spacial score (nSPS) is 35.1. The third-order valence-electron chi connectivity index (χ3n) is 2.92. The molecule has 1 aromatic rings. The van der Waals surface area contributed by atoms with E-state index in [1.165, 1.54) is 0 Å². The molecule has 7 nitrogen and oxygen atoms in total. The summed E-state index contributed by atoms with van der Waals surface area (Å²) in [5, 5.41) is 37.9. The van der Waals surface area contributed by atoms with Gasteiger partial charge in [-0.05, 0) is 12.1 Å². The summed E-state index contributed by atoms with van der Waals surface area (Å²) in [6, 6.07) is 8.89. The van der Waals surface area contributed by atoms with Gasteiger partial charge < -0.3 is 25.2 Å². The molecule has 0 radical (unpaired) electrons. The van der Waals surface area contributed by atoms with Crippen LogP contribution in [0.25, 0.3) is 0 Å². The predicted octanol–water partition coefficient (Wildman–Crippen LogP) is -1.17. The summed E-state index contributed by atoms with van der Waals surface area (Å²) in [5.41, 5.74) is 3.20. The van der Waals surface area contributed by atoms with Crippen LogP contribution in [-0.2, 0) is 9.57 Å². The lowest BCUT2D eigenvalue weighted by Crippen LogP contribution is -2.59. The summed E-state index contributed by atoms with van der Waals surface area (Å²) in [5.74, 6) is 0. The van der Waals surface area contributed by atoms with Crippen molar-refractivity contribution >= 4 is 5.69 Å². The van der Waals surface area contributed by atoms with Crippen LogP contribution in [0.15, 0.2) is 30.3 Å². The predicted molar refractivity (Wildman–Crippen MR) is 64.9 cm³/mol. The van der Waals surface area contributed by atoms with Gasteiger partial charge in [0.05, 0.1) is 12.3 Å². The minimum Gasteiger partial charge on any atom is -0.394 e. The summed E-state index contributed by atoms with van der Waals surface area (Å²) < 4.78 is 5.16. The van der Waals surface area contributed by atoms with E-state index in [0.29, 0.717) is 5.69 Å². The largest absolute Gasteiger partial charge is 0.394 e. The number of benzene rings is 1. The average molecular weight is 271 g/mol. The van der Waals surface area contributed by atoms with Gasteiger partial charge in [0.2, 0.25) is 6.29 Å². The monoisotopic (exact) mass is 271 g/mol. The van der Waals surface area contributed by atoms with Crippen LogP contribution in [0.2, 0.25) is 0 Å². The van der Waals surface area contributed by atoms with Crippen molar-refractivity contribution in [1.29, 1.82) is 0 Å². The quantitative estimate of drug-likeness (QED) is 0.439. The highest BCUT2D eigenvalue weighted by atomic mass is 16.8. The summed E-state index contributed by atoms with van der Waals surface area (Å²) in [6.45, 7) is -0.490. The Hall–Kier alpha value is -1.22. The molecule has 5 unspecified atom stereocenters. The third kappa shape index (κ3) is 3.21. The molecule has 1 aromatic carbocycles. The molecule has 0 bridgehead atoms. The van der Waals surface area contributed by atoms with E-state index in [1.807, 2.05) is 6.07 Å². The van der Waals surface area contributed by atoms with Gasteiger partial charge in [0.25, 0.3) is 0 Å². The van der Waals surface area contributed by atoms with E-state index in [4.69, 9.17) is 14.7 Å². The Labute approximate surface area is 110 Å². The van der Waals surface area contributed by atoms with E-state index in [-0.39, 0.29) is 0 Å². The van der Waals surface area contributed by atoms with Gasteiger partial charge in [0, 0.05) is 0 Å². The maximum absolute atomic E-state index is 9.72. The number of hydrogen-bond donors (Lipinski definition) is 5. The average Bonchev–Trinajstić information content (AvgIpc) is 2.45. The highest BCUT2D eigenvalue weighted by Gasteiger charge is 2.44. The lowest BCUT2D eigenvalue weighted by Gasteiger charge is -2.39. The lowest BCUT2D eigenvalue weighted by atomic mass is 9.99. The smallest absolute Gasteiger partial charge is 0.212 e. The molecule has 0 spiro atoms. The fourth-order valence-electron chi connectivity index (χ4n) is 1.80. The summed E-state index contributed by atoms with van der Waals surface area (Å²) in [4.78, 5) is 5.13. The van der Waals surface area contributed by atoms with Crippen molar-refractivity contribution < 1.29 is 30.0 Å². The second-order valence-electron chi connectivity index (χ2n) is 4.28. The first-order chi connectivity index (χ1) is 9.13. The molecule has 0 amide bonds. The zero-order chi connectivity index (χ0) is 13.8. The number of ether oxygens (including phenoxy) is 1. The number of anilines is 1. The molecule has 0 aliphatic carbocycles. The Morgan fingerprint density at radius 1 is 1.05 bits per heavy atom. The maximum Gasteiger partial charge on any atom is 0.212 e. The van der Waals surface area contributed by atoms with Crippen LogP contribution >= 0.6 is 0 Å². The summed E-state index contributed by atoms with van der Waals surface area (Å²) in [6.07, 6.45) is -6.45. The van der Waals surface area contributed by atoms with Crippen molar-refractivity contribution in [2.45, 2.75) is 30.7 Å². The Morgan fingerprint density at radius 3 is 2.37 bits per heavy atom. The van der Waals surface area contributed by atoms with E-state index < -0.39 is 37.3 Å². The molecule has 7 heteroatoms. The molecule has 5 N–H and O–H groups in total. The van der Waals surface area contributed by atoms with Gasteiger partial charge in [-0.3, -0.25) is 5.48 Å². The molecule has 5 atom stereocenters. The standard InChI is InChI=1S/C12H17NO6/c14-6-8-9(15)10(16)11(17)12(18-8)19-13-7-4-2-1-3-5-7/h1-5,8-17H,6H2. The molecule has 1 fully saturated rings. The van der Waals surface area contributed by atoms with Crippen LogP contribution in [0.3, 0.4) is 0 Å². The van der Waals surface area contributed by atoms with Gasteiger partial charge in [-0.25, -0.2) is 4.84 Å². The second kappa shape index (κ2) is 6.29. The molecule has 106 valence electrons.